The molecular formula is C23H22N4O2S. The average Bonchev–Trinajstić information content (AvgIpc) is 2.94. The lowest BCUT2D eigenvalue weighted by Crippen LogP contribution is -2.26. The Morgan fingerprint density at radius 1 is 1.10 bits per heavy atom. The molecule has 1 aromatic heterocycles. The summed E-state index contributed by atoms with van der Waals surface area (Å²) in [4.78, 5) is 23.6. The third kappa shape index (κ3) is 4.69. The van der Waals surface area contributed by atoms with Crippen molar-refractivity contribution in [3.05, 3.63) is 83.7 Å². The number of aromatic nitrogens is 1. The van der Waals surface area contributed by atoms with Gasteiger partial charge in [-0.25, -0.2) is 4.99 Å². The van der Waals surface area contributed by atoms with Gasteiger partial charge in [-0.3, -0.25) is 9.78 Å². The fourth-order valence-corrected chi connectivity index (χ4v) is 4.08. The fraction of sp³-hybridized carbons (Fsp3) is 0.174. The molecule has 0 fully saturated rings. The van der Waals surface area contributed by atoms with Gasteiger partial charge in [0.15, 0.2) is 0 Å². The summed E-state index contributed by atoms with van der Waals surface area (Å²) in [5.41, 5.74) is 3.45. The van der Waals surface area contributed by atoms with E-state index in [-0.39, 0.29) is 5.91 Å². The van der Waals surface area contributed by atoms with Crippen molar-refractivity contribution in [2.24, 2.45) is 4.99 Å². The van der Waals surface area contributed by atoms with Crippen LogP contribution >= 0.6 is 11.8 Å². The molecule has 0 spiro atoms. The van der Waals surface area contributed by atoms with Crippen LogP contribution in [0.3, 0.4) is 0 Å². The Kier molecular flexibility index (Phi) is 6.41. The third-order valence-corrected chi connectivity index (χ3v) is 5.73. The molecule has 30 heavy (non-hydrogen) atoms. The first-order chi connectivity index (χ1) is 14.7. The highest BCUT2D eigenvalue weighted by Crippen LogP contribution is 2.40. The van der Waals surface area contributed by atoms with Gasteiger partial charge in [0.1, 0.15) is 5.84 Å². The molecule has 0 atom stereocenters. The molecule has 2 heterocycles. The predicted molar refractivity (Wildman–Crippen MR) is 118 cm³/mol. The largest absolute Gasteiger partial charge is 0.383 e. The van der Waals surface area contributed by atoms with Crippen LogP contribution in [0.4, 0.5) is 5.69 Å². The van der Waals surface area contributed by atoms with Gasteiger partial charge in [0.2, 0.25) is 0 Å². The predicted octanol–water partition coefficient (Wildman–Crippen LogP) is 3.79. The Labute approximate surface area is 179 Å². The number of hydrogen-bond donors (Lipinski definition) is 2. The molecule has 0 saturated carbocycles. The zero-order chi connectivity index (χ0) is 20.8. The molecule has 0 bridgehead atoms. The molecule has 1 aliphatic rings. The Morgan fingerprint density at radius 2 is 2.00 bits per heavy atom. The topological polar surface area (TPSA) is 75.6 Å². The van der Waals surface area contributed by atoms with Gasteiger partial charge in [-0.1, -0.05) is 36.0 Å². The van der Waals surface area contributed by atoms with Gasteiger partial charge in [0.05, 0.1) is 12.3 Å². The number of ether oxygens (including phenoxy) is 1. The zero-order valence-electron chi connectivity index (χ0n) is 16.6. The van der Waals surface area contributed by atoms with E-state index < -0.39 is 0 Å². The number of hydrogen-bond acceptors (Lipinski definition) is 6. The molecule has 2 aromatic carbocycles. The molecule has 152 valence electrons. The van der Waals surface area contributed by atoms with Crippen LogP contribution < -0.4 is 10.6 Å². The van der Waals surface area contributed by atoms with Crippen LogP contribution in [0.15, 0.2) is 81.8 Å². The second kappa shape index (κ2) is 9.56. The Hall–Kier alpha value is -3.16. The van der Waals surface area contributed by atoms with Gasteiger partial charge in [-0.05, 0) is 35.9 Å². The van der Waals surface area contributed by atoms with Crippen molar-refractivity contribution in [3.63, 3.8) is 0 Å². The van der Waals surface area contributed by atoms with Gasteiger partial charge in [0, 0.05) is 53.5 Å². The van der Waals surface area contributed by atoms with Crippen LogP contribution in [0.2, 0.25) is 0 Å². The molecule has 0 saturated heterocycles. The highest BCUT2D eigenvalue weighted by atomic mass is 32.2. The number of carbonyl (C=O) groups excluding carboxylic acids is 1. The summed E-state index contributed by atoms with van der Waals surface area (Å²) in [7, 11) is 1.61. The highest BCUT2D eigenvalue weighted by Gasteiger charge is 2.18. The number of amides is 1. The first kappa shape index (κ1) is 20.1. The van der Waals surface area contributed by atoms with Gasteiger partial charge in [-0.2, -0.15) is 0 Å². The second-order valence-corrected chi connectivity index (χ2v) is 7.79. The van der Waals surface area contributed by atoms with E-state index in [0.717, 1.165) is 32.4 Å². The molecule has 0 radical (unpaired) electrons. The SMILES string of the molecule is COCCNC(=O)c1ccc2c(c1)N=C(NCc1cccnc1)c1ccccc1S2. The molecule has 6 nitrogen and oxygen atoms in total. The summed E-state index contributed by atoms with van der Waals surface area (Å²) < 4.78 is 5.00. The number of carbonyl (C=O) groups is 1. The minimum Gasteiger partial charge on any atom is -0.383 e. The minimum atomic E-state index is -0.137. The first-order valence-corrected chi connectivity index (χ1v) is 10.5. The van der Waals surface area contributed by atoms with E-state index in [1.54, 1.807) is 25.1 Å². The monoisotopic (exact) mass is 418 g/mol. The number of rotatable bonds is 6. The number of methoxy groups -OCH3 is 1. The summed E-state index contributed by atoms with van der Waals surface area (Å²) in [6.45, 7) is 1.55. The van der Waals surface area contributed by atoms with E-state index in [2.05, 4.69) is 27.8 Å². The van der Waals surface area contributed by atoms with Crippen LogP contribution in [-0.4, -0.2) is 37.0 Å². The second-order valence-electron chi connectivity index (χ2n) is 6.70. The van der Waals surface area contributed by atoms with E-state index in [4.69, 9.17) is 9.73 Å². The van der Waals surface area contributed by atoms with Crippen LogP contribution in [0.5, 0.6) is 0 Å². The van der Waals surface area contributed by atoms with Crippen LogP contribution in [-0.2, 0) is 11.3 Å². The molecule has 0 aliphatic carbocycles. The number of amidine groups is 1. The maximum atomic E-state index is 12.5. The lowest BCUT2D eigenvalue weighted by Gasteiger charge is -2.11. The number of nitrogens with one attached hydrogen (secondary N) is 2. The van der Waals surface area contributed by atoms with Crippen molar-refractivity contribution in [2.75, 3.05) is 20.3 Å². The Bertz CT molecular complexity index is 1070. The van der Waals surface area contributed by atoms with Crippen molar-refractivity contribution < 1.29 is 9.53 Å². The molecule has 3 aromatic rings. The van der Waals surface area contributed by atoms with Crippen molar-refractivity contribution in [2.45, 2.75) is 16.3 Å². The van der Waals surface area contributed by atoms with Gasteiger partial charge in [0.25, 0.3) is 5.91 Å². The quantitative estimate of drug-likeness (QED) is 0.596. The smallest absolute Gasteiger partial charge is 0.251 e. The summed E-state index contributed by atoms with van der Waals surface area (Å²) in [6, 6.07) is 17.7. The number of benzene rings is 2. The lowest BCUT2D eigenvalue weighted by atomic mass is 10.1. The van der Waals surface area contributed by atoms with Gasteiger partial charge in [-0.15, -0.1) is 0 Å². The molecule has 0 unspecified atom stereocenters. The van der Waals surface area contributed by atoms with Crippen LogP contribution in [0.25, 0.3) is 0 Å². The van der Waals surface area contributed by atoms with E-state index >= 15 is 0 Å². The maximum absolute atomic E-state index is 12.5. The summed E-state index contributed by atoms with van der Waals surface area (Å²) in [6.07, 6.45) is 3.59. The van der Waals surface area contributed by atoms with Crippen molar-refractivity contribution in [3.8, 4) is 0 Å². The number of aliphatic imine (C=N–C) groups is 1. The summed E-state index contributed by atoms with van der Waals surface area (Å²) >= 11 is 1.65. The summed E-state index contributed by atoms with van der Waals surface area (Å²) in [5.74, 6) is 0.638. The molecule has 7 heteroatoms. The van der Waals surface area contributed by atoms with E-state index in [1.807, 2.05) is 48.7 Å². The van der Waals surface area contributed by atoms with Gasteiger partial charge >= 0.3 is 0 Å². The minimum absolute atomic E-state index is 0.137. The average molecular weight is 419 g/mol. The van der Waals surface area contributed by atoms with Crippen molar-refractivity contribution in [1.29, 1.82) is 0 Å². The van der Waals surface area contributed by atoms with Crippen LogP contribution in [0.1, 0.15) is 21.5 Å². The number of fused-ring (bicyclic) bond motifs is 2. The lowest BCUT2D eigenvalue weighted by molar-refractivity contribution is 0.0937. The number of pyridine rings is 1. The van der Waals surface area contributed by atoms with Gasteiger partial charge < -0.3 is 15.4 Å². The normalized spacial score (nSPS) is 12.2. The Balaban J connectivity index is 1.65. The molecule has 4 rings (SSSR count). The summed E-state index contributed by atoms with van der Waals surface area (Å²) in [5, 5.41) is 6.30. The van der Waals surface area contributed by atoms with Crippen LogP contribution in [0, 0.1) is 0 Å². The fourth-order valence-electron chi connectivity index (χ4n) is 3.07. The number of nitrogens with zero attached hydrogens (tertiary/aromatic N) is 2. The molecule has 1 aliphatic heterocycles. The molecule has 2 N–H and O–H groups in total. The zero-order valence-corrected chi connectivity index (χ0v) is 17.4. The van der Waals surface area contributed by atoms with Crippen molar-refractivity contribution in [1.82, 2.24) is 15.6 Å². The van der Waals surface area contributed by atoms with E-state index in [1.165, 1.54) is 0 Å². The highest BCUT2D eigenvalue weighted by molar-refractivity contribution is 7.99. The maximum Gasteiger partial charge on any atom is 0.251 e. The first-order valence-electron chi connectivity index (χ1n) is 9.64. The standard InChI is InChI=1S/C23H22N4O2S/c1-29-12-11-25-23(28)17-8-9-21-19(13-17)27-22(18-6-2-3-7-20(18)30-21)26-15-16-5-4-10-24-14-16/h2-10,13-14H,11-12,15H2,1H3,(H,25,28)(H,26,27). The third-order valence-electron chi connectivity index (χ3n) is 4.59. The molecular weight excluding hydrogens is 396 g/mol. The molecule has 1 amide bonds. The van der Waals surface area contributed by atoms with Crippen molar-refractivity contribution >= 4 is 29.2 Å². The van der Waals surface area contributed by atoms with E-state index in [9.17, 15) is 4.79 Å². The Morgan fingerprint density at radius 3 is 2.83 bits per heavy atom. The van der Waals surface area contributed by atoms with E-state index in [0.29, 0.717) is 25.3 Å².